The molecule has 0 bridgehead atoms. The number of ether oxygens (including phenoxy) is 1. The molecule has 0 aliphatic heterocycles. The van der Waals surface area contributed by atoms with Gasteiger partial charge in [0, 0.05) is 25.4 Å². The molecule has 9 heteroatoms. The van der Waals surface area contributed by atoms with Gasteiger partial charge >= 0.3 is 5.97 Å². The average Bonchev–Trinajstić information content (AvgIpc) is 3.10. The van der Waals surface area contributed by atoms with Gasteiger partial charge in [0.15, 0.2) is 0 Å². The van der Waals surface area contributed by atoms with Crippen LogP contribution in [-0.4, -0.2) is 60.3 Å². The molecule has 0 amide bonds. The van der Waals surface area contributed by atoms with E-state index in [1.807, 2.05) is 0 Å². The number of carbonyl (C=O) groups is 1. The molecule has 0 aromatic carbocycles. The molecule has 0 atom stereocenters. The van der Waals surface area contributed by atoms with Crippen LogP contribution in [0.2, 0.25) is 0 Å². The quantitative estimate of drug-likeness (QED) is 0.745. The zero-order valence-corrected chi connectivity index (χ0v) is 12.1. The van der Waals surface area contributed by atoms with Crippen LogP contribution in [0, 0.1) is 6.92 Å². The van der Waals surface area contributed by atoms with E-state index in [4.69, 9.17) is 9.84 Å². The Kier molecular flexibility index (Phi) is 4.11. The minimum Gasteiger partial charge on any atom is -0.478 e. The highest BCUT2D eigenvalue weighted by Crippen LogP contribution is 2.32. The maximum atomic E-state index is 12.6. The number of nitrogens with zero attached hydrogens (tertiary/aromatic N) is 2. The molecular weight excluding hydrogens is 286 g/mol. The van der Waals surface area contributed by atoms with Gasteiger partial charge in [-0.2, -0.15) is 9.40 Å². The number of sulfonamides is 1. The van der Waals surface area contributed by atoms with Crippen LogP contribution in [0.15, 0.2) is 5.03 Å². The lowest BCUT2D eigenvalue weighted by atomic mass is 10.3. The Balaban J connectivity index is 2.40. The van der Waals surface area contributed by atoms with E-state index in [9.17, 15) is 13.2 Å². The van der Waals surface area contributed by atoms with Crippen LogP contribution >= 0.6 is 0 Å². The maximum absolute atomic E-state index is 12.6. The summed E-state index contributed by atoms with van der Waals surface area (Å²) in [5.41, 5.74) is -0.0772. The second kappa shape index (κ2) is 5.51. The third-order valence-corrected chi connectivity index (χ3v) is 5.03. The van der Waals surface area contributed by atoms with E-state index in [-0.39, 0.29) is 30.5 Å². The normalized spacial score (nSPS) is 15.8. The standard InChI is InChI=1S/C11H17N3O5S/c1-7-9(11(15)16)10(13-12-7)20(17,18)14(5-6-19-2)8-3-4-8/h8H,3-6H2,1-2H3,(H,12,13)(H,15,16). The molecule has 1 aliphatic rings. The van der Waals surface area contributed by atoms with Gasteiger partial charge in [-0.15, -0.1) is 0 Å². The van der Waals surface area contributed by atoms with Gasteiger partial charge in [0.25, 0.3) is 10.0 Å². The van der Waals surface area contributed by atoms with Gasteiger partial charge in [-0.3, -0.25) is 5.10 Å². The summed E-state index contributed by atoms with van der Waals surface area (Å²) >= 11 is 0. The van der Waals surface area contributed by atoms with E-state index in [0.29, 0.717) is 0 Å². The number of aromatic nitrogens is 2. The van der Waals surface area contributed by atoms with Crippen molar-refractivity contribution in [2.24, 2.45) is 0 Å². The Morgan fingerprint density at radius 3 is 2.70 bits per heavy atom. The van der Waals surface area contributed by atoms with Crippen molar-refractivity contribution >= 4 is 16.0 Å². The van der Waals surface area contributed by atoms with Crippen LogP contribution in [-0.2, 0) is 14.8 Å². The smallest absolute Gasteiger partial charge is 0.340 e. The van der Waals surface area contributed by atoms with Gasteiger partial charge in [-0.05, 0) is 19.8 Å². The zero-order valence-electron chi connectivity index (χ0n) is 11.3. The highest BCUT2D eigenvalue weighted by atomic mass is 32.2. The van der Waals surface area contributed by atoms with E-state index >= 15 is 0 Å². The summed E-state index contributed by atoms with van der Waals surface area (Å²) in [5.74, 6) is -1.31. The third kappa shape index (κ3) is 2.69. The predicted octanol–water partition coefficient (Wildman–Crippen LogP) is 0.216. The number of aryl methyl sites for hydroxylation is 1. The zero-order chi connectivity index (χ0) is 14.9. The number of carboxylic acids is 1. The Hall–Kier alpha value is -1.45. The van der Waals surface area contributed by atoms with Gasteiger partial charge < -0.3 is 9.84 Å². The molecule has 2 rings (SSSR count). The molecule has 1 fully saturated rings. The lowest BCUT2D eigenvalue weighted by Crippen LogP contribution is -2.36. The maximum Gasteiger partial charge on any atom is 0.340 e. The van der Waals surface area contributed by atoms with Crippen molar-refractivity contribution in [2.75, 3.05) is 20.3 Å². The Morgan fingerprint density at radius 1 is 1.55 bits per heavy atom. The molecule has 0 saturated heterocycles. The number of aromatic amines is 1. The van der Waals surface area contributed by atoms with E-state index in [1.165, 1.54) is 18.3 Å². The molecule has 1 aromatic rings. The summed E-state index contributed by atoms with van der Waals surface area (Å²) in [4.78, 5) is 11.2. The minimum atomic E-state index is -3.93. The lowest BCUT2D eigenvalue weighted by molar-refractivity contribution is 0.0691. The average molecular weight is 303 g/mol. The Morgan fingerprint density at radius 2 is 2.20 bits per heavy atom. The second-order valence-electron chi connectivity index (χ2n) is 4.67. The highest BCUT2D eigenvalue weighted by Gasteiger charge is 2.41. The SMILES string of the molecule is COCCN(C1CC1)S(=O)(=O)c1n[nH]c(C)c1C(=O)O. The third-order valence-electron chi connectivity index (χ3n) is 3.15. The molecule has 1 saturated carbocycles. The molecule has 1 aromatic heterocycles. The second-order valence-corrected chi connectivity index (χ2v) is 6.48. The van der Waals surface area contributed by atoms with Crippen molar-refractivity contribution in [2.45, 2.75) is 30.8 Å². The van der Waals surface area contributed by atoms with Crippen LogP contribution in [0.5, 0.6) is 0 Å². The first-order valence-electron chi connectivity index (χ1n) is 6.18. The largest absolute Gasteiger partial charge is 0.478 e. The summed E-state index contributed by atoms with van der Waals surface area (Å²) in [6.45, 7) is 1.92. The van der Waals surface area contributed by atoms with Crippen molar-refractivity contribution in [3.63, 3.8) is 0 Å². The van der Waals surface area contributed by atoms with Gasteiger partial charge in [0.1, 0.15) is 5.56 Å². The number of H-pyrrole nitrogens is 1. The molecule has 0 radical (unpaired) electrons. The molecule has 20 heavy (non-hydrogen) atoms. The Labute approximate surface area is 116 Å². The van der Waals surface area contributed by atoms with E-state index in [0.717, 1.165) is 12.8 Å². The minimum absolute atomic E-state index is 0.0891. The fourth-order valence-electron chi connectivity index (χ4n) is 2.00. The number of nitrogens with one attached hydrogen (secondary N) is 1. The van der Waals surface area contributed by atoms with Crippen LogP contribution < -0.4 is 0 Å². The van der Waals surface area contributed by atoms with Crippen LogP contribution in [0.3, 0.4) is 0 Å². The molecule has 8 nitrogen and oxygen atoms in total. The van der Waals surface area contributed by atoms with Crippen molar-refractivity contribution in [3.05, 3.63) is 11.3 Å². The Bertz CT molecular complexity index is 606. The van der Waals surface area contributed by atoms with Crippen molar-refractivity contribution in [3.8, 4) is 0 Å². The number of aromatic carboxylic acids is 1. The first-order chi connectivity index (χ1) is 9.39. The van der Waals surface area contributed by atoms with E-state index in [2.05, 4.69) is 10.2 Å². The van der Waals surface area contributed by atoms with Gasteiger partial charge in [0.05, 0.1) is 6.61 Å². The summed E-state index contributed by atoms with van der Waals surface area (Å²) in [6, 6.07) is -0.0891. The first kappa shape index (κ1) is 14.9. The molecule has 0 unspecified atom stereocenters. The van der Waals surface area contributed by atoms with Gasteiger partial charge in [-0.25, -0.2) is 13.2 Å². The predicted molar refractivity (Wildman–Crippen MR) is 69.1 cm³/mol. The van der Waals surface area contributed by atoms with Crippen molar-refractivity contribution in [1.82, 2.24) is 14.5 Å². The van der Waals surface area contributed by atoms with Crippen molar-refractivity contribution in [1.29, 1.82) is 0 Å². The van der Waals surface area contributed by atoms with Crippen LogP contribution in [0.25, 0.3) is 0 Å². The van der Waals surface area contributed by atoms with Crippen LogP contribution in [0.1, 0.15) is 28.9 Å². The summed E-state index contributed by atoms with van der Waals surface area (Å²) in [6.07, 6.45) is 1.55. The molecular formula is C11H17N3O5S. The topological polar surface area (TPSA) is 113 Å². The number of methoxy groups -OCH3 is 1. The number of hydrogen-bond acceptors (Lipinski definition) is 5. The summed E-state index contributed by atoms with van der Waals surface area (Å²) in [5, 5.41) is 14.8. The van der Waals surface area contributed by atoms with E-state index < -0.39 is 21.0 Å². The molecule has 2 N–H and O–H groups in total. The number of rotatable bonds is 7. The fraction of sp³-hybridized carbons (Fsp3) is 0.636. The monoisotopic (exact) mass is 303 g/mol. The first-order valence-corrected chi connectivity index (χ1v) is 7.62. The molecule has 112 valence electrons. The van der Waals surface area contributed by atoms with Gasteiger partial charge in [-0.1, -0.05) is 0 Å². The molecule has 0 spiro atoms. The fourth-order valence-corrected chi connectivity index (χ4v) is 3.80. The summed E-state index contributed by atoms with van der Waals surface area (Å²) in [7, 11) is -2.45. The summed E-state index contributed by atoms with van der Waals surface area (Å²) < 4.78 is 31.4. The number of carboxylic acid groups (broad SMARTS) is 1. The van der Waals surface area contributed by atoms with Crippen LogP contribution in [0.4, 0.5) is 0 Å². The highest BCUT2D eigenvalue weighted by molar-refractivity contribution is 7.89. The number of hydrogen-bond donors (Lipinski definition) is 2. The molecule has 1 heterocycles. The van der Waals surface area contributed by atoms with Gasteiger partial charge in [0.2, 0.25) is 5.03 Å². The van der Waals surface area contributed by atoms with E-state index in [1.54, 1.807) is 0 Å². The molecule has 1 aliphatic carbocycles. The lowest BCUT2D eigenvalue weighted by Gasteiger charge is -2.20. The van der Waals surface area contributed by atoms with Crippen molar-refractivity contribution < 1.29 is 23.1 Å².